The fraction of sp³-hybridized carbons (Fsp3) is 0.481. The number of carboxylic acids is 1. The lowest BCUT2D eigenvalue weighted by molar-refractivity contribution is -0.143. The standard InChI is InChI=1S/C27H30F6N2O3/c1-25(2,3)18-8-10-21(11-9-18)34-24(38)35-22(15-4-6-16(7-5-15)23(36)37)17-12-19(26(28,29)30)14-20(13-17)27(31,32)33/h4-7,12-14,18,21-22H,8-11H2,1-3H3,(H,36,37)(H2,34,35,38). The predicted molar refractivity (Wildman–Crippen MR) is 129 cm³/mol. The van der Waals surface area contributed by atoms with Crippen LogP contribution in [0.2, 0.25) is 0 Å². The van der Waals surface area contributed by atoms with Crippen LogP contribution in [-0.2, 0) is 12.4 Å². The highest BCUT2D eigenvalue weighted by atomic mass is 19.4. The molecule has 2 aromatic carbocycles. The summed E-state index contributed by atoms with van der Waals surface area (Å²) in [5, 5.41) is 14.5. The van der Waals surface area contributed by atoms with Crippen molar-refractivity contribution in [1.29, 1.82) is 0 Å². The smallest absolute Gasteiger partial charge is 0.416 e. The molecule has 1 aliphatic carbocycles. The topological polar surface area (TPSA) is 78.4 Å². The molecule has 38 heavy (non-hydrogen) atoms. The summed E-state index contributed by atoms with van der Waals surface area (Å²) < 4.78 is 81.0. The summed E-state index contributed by atoms with van der Waals surface area (Å²) in [5.41, 5.74) is -3.38. The molecule has 0 aliphatic heterocycles. The van der Waals surface area contributed by atoms with Crippen molar-refractivity contribution < 1.29 is 41.0 Å². The van der Waals surface area contributed by atoms with Crippen molar-refractivity contribution in [3.8, 4) is 0 Å². The van der Waals surface area contributed by atoms with E-state index >= 15 is 0 Å². The van der Waals surface area contributed by atoms with E-state index in [9.17, 15) is 35.9 Å². The van der Waals surface area contributed by atoms with Gasteiger partial charge in [-0.25, -0.2) is 9.59 Å². The average molecular weight is 545 g/mol. The Bertz CT molecular complexity index is 1110. The Kier molecular flexibility index (Phi) is 8.38. The Morgan fingerprint density at radius 3 is 1.74 bits per heavy atom. The number of carbonyl (C=O) groups is 2. The maximum absolute atomic E-state index is 13.5. The van der Waals surface area contributed by atoms with E-state index in [1.54, 1.807) is 0 Å². The number of hydrogen-bond acceptors (Lipinski definition) is 2. The summed E-state index contributed by atoms with van der Waals surface area (Å²) in [4.78, 5) is 24.1. The number of carbonyl (C=O) groups excluding carboxylic acids is 1. The van der Waals surface area contributed by atoms with E-state index in [0.29, 0.717) is 30.9 Å². The van der Waals surface area contributed by atoms with Gasteiger partial charge in [0.2, 0.25) is 0 Å². The van der Waals surface area contributed by atoms with E-state index in [2.05, 4.69) is 31.4 Å². The maximum Gasteiger partial charge on any atom is 0.416 e. The van der Waals surface area contributed by atoms with Crippen molar-refractivity contribution in [2.75, 3.05) is 0 Å². The molecular weight excluding hydrogens is 514 g/mol. The van der Waals surface area contributed by atoms with E-state index in [1.165, 1.54) is 12.1 Å². The molecule has 0 radical (unpaired) electrons. The molecule has 1 unspecified atom stereocenters. The van der Waals surface area contributed by atoms with Crippen LogP contribution in [0.3, 0.4) is 0 Å². The van der Waals surface area contributed by atoms with Gasteiger partial charge in [-0.2, -0.15) is 26.3 Å². The number of amides is 2. The minimum atomic E-state index is -5.07. The molecule has 0 heterocycles. The van der Waals surface area contributed by atoms with E-state index in [4.69, 9.17) is 5.11 Å². The van der Waals surface area contributed by atoms with Gasteiger partial charge in [0.15, 0.2) is 0 Å². The third-order valence-electron chi connectivity index (χ3n) is 7.00. The van der Waals surface area contributed by atoms with Crippen molar-refractivity contribution in [2.45, 2.75) is 70.9 Å². The molecule has 11 heteroatoms. The SMILES string of the molecule is CC(C)(C)C1CCC(NC(=O)NC(c2ccc(C(=O)O)cc2)c2cc(C(F)(F)F)cc(C(F)(F)F)c2)CC1. The van der Waals surface area contributed by atoms with Crippen LogP contribution in [0.15, 0.2) is 42.5 Å². The highest BCUT2D eigenvalue weighted by molar-refractivity contribution is 5.87. The second-order valence-corrected chi connectivity index (χ2v) is 10.7. The van der Waals surface area contributed by atoms with Gasteiger partial charge in [0.1, 0.15) is 0 Å². The maximum atomic E-state index is 13.5. The summed E-state index contributed by atoms with van der Waals surface area (Å²) in [5.74, 6) is -0.793. The molecule has 0 aromatic heterocycles. The van der Waals surface area contributed by atoms with Gasteiger partial charge >= 0.3 is 24.4 Å². The minimum Gasteiger partial charge on any atom is -0.478 e. The zero-order chi connectivity index (χ0) is 28.5. The minimum absolute atomic E-state index is 0.0157. The molecule has 2 amide bonds. The number of benzene rings is 2. The molecule has 0 saturated heterocycles. The van der Waals surface area contributed by atoms with Crippen LogP contribution >= 0.6 is 0 Å². The molecular formula is C27H30F6N2O3. The fourth-order valence-corrected chi connectivity index (χ4v) is 4.78. The molecule has 1 fully saturated rings. The van der Waals surface area contributed by atoms with E-state index in [-0.39, 0.29) is 28.7 Å². The summed E-state index contributed by atoms with van der Waals surface area (Å²) in [6.45, 7) is 6.42. The summed E-state index contributed by atoms with van der Waals surface area (Å²) in [7, 11) is 0. The van der Waals surface area contributed by atoms with E-state index in [0.717, 1.165) is 25.0 Å². The Hall–Kier alpha value is -3.24. The van der Waals surface area contributed by atoms with Crippen molar-refractivity contribution in [3.05, 3.63) is 70.3 Å². The monoisotopic (exact) mass is 544 g/mol. The first-order chi connectivity index (χ1) is 17.4. The molecule has 0 spiro atoms. The number of aromatic carboxylic acids is 1. The number of nitrogens with one attached hydrogen (secondary N) is 2. The third kappa shape index (κ3) is 7.41. The lowest BCUT2D eigenvalue weighted by Gasteiger charge is -2.37. The highest BCUT2D eigenvalue weighted by Gasteiger charge is 2.38. The van der Waals surface area contributed by atoms with Gasteiger partial charge in [-0.3, -0.25) is 0 Å². The Morgan fingerprint density at radius 2 is 1.32 bits per heavy atom. The van der Waals surface area contributed by atoms with Crippen molar-refractivity contribution in [2.24, 2.45) is 11.3 Å². The van der Waals surface area contributed by atoms with Crippen LogP contribution in [0.5, 0.6) is 0 Å². The van der Waals surface area contributed by atoms with Gasteiger partial charge < -0.3 is 15.7 Å². The molecule has 208 valence electrons. The Morgan fingerprint density at radius 1 is 0.816 bits per heavy atom. The number of urea groups is 1. The molecule has 1 atom stereocenters. The Balaban J connectivity index is 1.94. The van der Waals surface area contributed by atoms with Crippen LogP contribution in [0.1, 0.15) is 85.1 Å². The van der Waals surface area contributed by atoms with Crippen LogP contribution in [0.4, 0.5) is 31.1 Å². The Labute approximate surface area is 216 Å². The second-order valence-electron chi connectivity index (χ2n) is 10.7. The molecule has 3 N–H and O–H groups in total. The van der Waals surface area contributed by atoms with Crippen LogP contribution in [0.25, 0.3) is 0 Å². The molecule has 1 saturated carbocycles. The van der Waals surface area contributed by atoms with Crippen LogP contribution in [0, 0.1) is 11.3 Å². The quantitative estimate of drug-likeness (QED) is 0.343. The zero-order valence-corrected chi connectivity index (χ0v) is 21.1. The number of hydrogen-bond donors (Lipinski definition) is 3. The van der Waals surface area contributed by atoms with Crippen molar-refractivity contribution >= 4 is 12.0 Å². The van der Waals surface area contributed by atoms with E-state index in [1.807, 2.05) is 0 Å². The molecule has 3 rings (SSSR count). The normalized spacial score (nSPS) is 19.5. The molecule has 2 aromatic rings. The van der Waals surface area contributed by atoms with Crippen molar-refractivity contribution in [3.63, 3.8) is 0 Å². The fourth-order valence-electron chi connectivity index (χ4n) is 4.78. The first-order valence-corrected chi connectivity index (χ1v) is 12.1. The van der Waals surface area contributed by atoms with Gasteiger partial charge in [-0.15, -0.1) is 0 Å². The van der Waals surface area contributed by atoms with Gasteiger partial charge in [0, 0.05) is 6.04 Å². The highest BCUT2D eigenvalue weighted by Crippen LogP contribution is 2.39. The van der Waals surface area contributed by atoms with Crippen LogP contribution < -0.4 is 10.6 Å². The largest absolute Gasteiger partial charge is 0.478 e. The number of alkyl halides is 6. The van der Waals surface area contributed by atoms with Crippen LogP contribution in [-0.4, -0.2) is 23.1 Å². The molecule has 1 aliphatic rings. The summed E-state index contributed by atoms with van der Waals surface area (Å²) in [6.07, 6.45) is -7.01. The average Bonchev–Trinajstić information content (AvgIpc) is 2.81. The van der Waals surface area contributed by atoms with Gasteiger partial charge in [-0.1, -0.05) is 32.9 Å². The van der Waals surface area contributed by atoms with Crippen molar-refractivity contribution in [1.82, 2.24) is 10.6 Å². The van der Waals surface area contributed by atoms with Gasteiger partial charge in [0.25, 0.3) is 0 Å². The van der Waals surface area contributed by atoms with Gasteiger partial charge in [-0.05, 0) is 78.5 Å². The number of halogens is 6. The number of rotatable bonds is 5. The summed E-state index contributed by atoms with van der Waals surface area (Å²) >= 11 is 0. The second kappa shape index (κ2) is 10.9. The summed E-state index contributed by atoms with van der Waals surface area (Å²) in [6, 6.07) is 3.59. The first-order valence-electron chi connectivity index (χ1n) is 12.1. The third-order valence-corrected chi connectivity index (χ3v) is 7.00. The van der Waals surface area contributed by atoms with Gasteiger partial charge in [0.05, 0.1) is 22.7 Å². The lowest BCUT2D eigenvalue weighted by atomic mass is 9.71. The number of carboxylic acid groups (broad SMARTS) is 1. The zero-order valence-electron chi connectivity index (χ0n) is 21.1. The molecule has 0 bridgehead atoms. The molecule has 5 nitrogen and oxygen atoms in total. The van der Waals surface area contributed by atoms with E-state index < -0.39 is 47.1 Å². The predicted octanol–water partition coefficient (Wildman–Crippen LogP) is 7.42. The first kappa shape index (κ1) is 29.3. The lowest BCUT2D eigenvalue weighted by Crippen LogP contribution is -2.45.